The third-order valence-electron chi connectivity index (χ3n) is 4.18. The monoisotopic (exact) mass is 318 g/mol. The topological polar surface area (TPSA) is 69.6 Å². The molecule has 126 valence electrons. The van der Waals surface area contributed by atoms with Gasteiger partial charge in [0.2, 0.25) is 11.8 Å². The van der Waals surface area contributed by atoms with Crippen LogP contribution in [0.3, 0.4) is 0 Å². The van der Waals surface area contributed by atoms with E-state index in [2.05, 4.69) is 5.32 Å². The number of nitrogens with zero attached hydrogens (tertiary/aromatic N) is 1. The zero-order valence-electron chi connectivity index (χ0n) is 14.1. The summed E-state index contributed by atoms with van der Waals surface area (Å²) < 4.78 is 0. The van der Waals surface area contributed by atoms with Crippen LogP contribution in [-0.2, 0) is 16.0 Å². The van der Waals surface area contributed by atoms with Crippen molar-refractivity contribution in [2.75, 3.05) is 18.0 Å². The molecule has 1 heterocycles. The Morgan fingerprint density at radius 1 is 1.30 bits per heavy atom. The molecule has 1 atom stereocenters. The predicted octanol–water partition coefficient (Wildman–Crippen LogP) is 1.88. The fourth-order valence-corrected chi connectivity index (χ4v) is 2.48. The number of rotatable bonds is 5. The van der Waals surface area contributed by atoms with Gasteiger partial charge in [-0.2, -0.15) is 0 Å². The molecule has 2 amide bonds. The Hall–Kier alpha value is -1.88. The van der Waals surface area contributed by atoms with Crippen molar-refractivity contribution in [3.05, 3.63) is 29.8 Å². The summed E-state index contributed by atoms with van der Waals surface area (Å²) in [4.78, 5) is 25.4. The molecular formula is C18H26N2O3. The van der Waals surface area contributed by atoms with Gasteiger partial charge < -0.3 is 15.3 Å². The molecule has 2 rings (SSSR count). The summed E-state index contributed by atoms with van der Waals surface area (Å²) in [5, 5.41) is 12.7. The number of aliphatic hydroxyl groups excluding tert-OH is 1. The molecule has 1 aliphatic heterocycles. The average Bonchev–Trinajstić information content (AvgIpc) is 2.91. The highest BCUT2D eigenvalue weighted by atomic mass is 16.3. The number of nitrogens with one attached hydrogen (secondary N) is 1. The third kappa shape index (κ3) is 4.79. The number of anilines is 1. The highest BCUT2D eigenvalue weighted by molar-refractivity contribution is 5.95. The van der Waals surface area contributed by atoms with Crippen LogP contribution in [0.25, 0.3) is 0 Å². The average molecular weight is 318 g/mol. The molecule has 0 saturated carbocycles. The van der Waals surface area contributed by atoms with Gasteiger partial charge in [0.05, 0.1) is 12.5 Å². The minimum absolute atomic E-state index is 0.113. The number of aliphatic hydroxyl groups is 1. The maximum atomic E-state index is 12.0. The van der Waals surface area contributed by atoms with Gasteiger partial charge in [-0.1, -0.05) is 32.9 Å². The van der Waals surface area contributed by atoms with Crippen LogP contribution in [0.15, 0.2) is 24.3 Å². The molecule has 0 aliphatic carbocycles. The summed E-state index contributed by atoms with van der Waals surface area (Å²) in [5.74, 6) is 0.0463. The van der Waals surface area contributed by atoms with E-state index in [4.69, 9.17) is 0 Å². The lowest BCUT2D eigenvalue weighted by molar-refractivity contribution is -0.121. The van der Waals surface area contributed by atoms with Crippen molar-refractivity contribution in [3.63, 3.8) is 0 Å². The van der Waals surface area contributed by atoms with Gasteiger partial charge in [-0.05, 0) is 29.5 Å². The van der Waals surface area contributed by atoms with Gasteiger partial charge in [0.25, 0.3) is 0 Å². The van der Waals surface area contributed by atoms with Crippen molar-refractivity contribution < 1.29 is 14.7 Å². The Kier molecular flexibility index (Phi) is 5.42. The summed E-state index contributed by atoms with van der Waals surface area (Å²) in [6.45, 7) is 6.82. The Bertz CT molecular complexity index is 561. The number of carbonyl (C=O) groups is 2. The number of hydrogen-bond donors (Lipinski definition) is 2. The number of amides is 2. The van der Waals surface area contributed by atoms with Crippen LogP contribution >= 0.6 is 0 Å². The minimum atomic E-state index is -0.574. The number of hydrogen-bond acceptors (Lipinski definition) is 3. The van der Waals surface area contributed by atoms with Crippen molar-refractivity contribution in [2.45, 2.75) is 46.1 Å². The maximum absolute atomic E-state index is 12.0. The van der Waals surface area contributed by atoms with E-state index in [1.165, 1.54) is 0 Å². The lowest BCUT2D eigenvalue weighted by Gasteiger charge is -2.25. The molecule has 1 fully saturated rings. The van der Waals surface area contributed by atoms with Crippen LogP contribution in [-0.4, -0.2) is 36.1 Å². The van der Waals surface area contributed by atoms with Crippen LogP contribution in [0.4, 0.5) is 5.69 Å². The second-order valence-electron chi connectivity index (χ2n) is 7.18. The van der Waals surface area contributed by atoms with Crippen molar-refractivity contribution in [1.29, 1.82) is 0 Å². The molecule has 1 unspecified atom stereocenters. The van der Waals surface area contributed by atoms with Gasteiger partial charge in [0.1, 0.15) is 0 Å². The molecule has 5 heteroatoms. The Morgan fingerprint density at radius 2 is 1.96 bits per heavy atom. The zero-order valence-corrected chi connectivity index (χ0v) is 14.1. The van der Waals surface area contributed by atoms with Gasteiger partial charge in [-0.25, -0.2) is 0 Å². The third-order valence-corrected chi connectivity index (χ3v) is 4.18. The highest BCUT2D eigenvalue weighted by Gasteiger charge is 2.23. The molecule has 0 spiro atoms. The molecular weight excluding hydrogens is 292 g/mol. The first-order chi connectivity index (χ1) is 10.8. The molecule has 2 N–H and O–H groups in total. The van der Waals surface area contributed by atoms with Gasteiger partial charge in [-0.3, -0.25) is 9.59 Å². The molecule has 23 heavy (non-hydrogen) atoms. The summed E-state index contributed by atoms with van der Waals surface area (Å²) >= 11 is 0. The zero-order chi connectivity index (χ0) is 17.0. The maximum Gasteiger partial charge on any atom is 0.227 e. The number of benzene rings is 1. The van der Waals surface area contributed by atoms with E-state index in [0.717, 1.165) is 24.2 Å². The van der Waals surface area contributed by atoms with Crippen LogP contribution in [0.2, 0.25) is 0 Å². The Labute approximate surface area is 137 Å². The smallest absolute Gasteiger partial charge is 0.227 e. The van der Waals surface area contributed by atoms with Crippen LogP contribution < -0.4 is 10.2 Å². The Morgan fingerprint density at radius 3 is 2.48 bits per heavy atom. The van der Waals surface area contributed by atoms with E-state index in [1.54, 1.807) is 4.90 Å². The summed E-state index contributed by atoms with van der Waals surface area (Å²) in [6.07, 6.45) is 1.21. The SMILES string of the molecule is CC(C)(C)C(O)CNC(=O)Cc1ccc(N2CCCC2=O)cc1. The van der Waals surface area contributed by atoms with E-state index in [9.17, 15) is 14.7 Å². The molecule has 0 aromatic heterocycles. The molecule has 1 aliphatic rings. The first kappa shape index (κ1) is 17.5. The summed E-state index contributed by atoms with van der Waals surface area (Å²) in [6, 6.07) is 7.52. The number of carbonyl (C=O) groups excluding carboxylic acids is 2. The molecule has 5 nitrogen and oxygen atoms in total. The highest BCUT2D eigenvalue weighted by Crippen LogP contribution is 2.22. The van der Waals surface area contributed by atoms with E-state index in [-0.39, 0.29) is 30.2 Å². The normalized spacial score (nSPS) is 16.5. The van der Waals surface area contributed by atoms with Crippen molar-refractivity contribution in [2.24, 2.45) is 5.41 Å². The fourth-order valence-electron chi connectivity index (χ4n) is 2.48. The first-order valence-electron chi connectivity index (χ1n) is 8.11. The molecule has 1 saturated heterocycles. The van der Waals surface area contributed by atoms with Crippen molar-refractivity contribution >= 4 is 17.5 Å². The quantitative estimate of drug-likeness (QED) is 0.871. The molecule has 1 aromatic rings. The second kappa shape index (κ2) is 7.13. The molecule has 1 aromatic carbocycles. The fraction of sp³-hybridized carbons (Fsp3) is 0.556. The van der Waals surface area contributed by atoms with E-state index in [0.29, 0.717) is 6.42 Å². The lowest BCUT2D eigenvalue weighted by Crippen LogP contribution is -2.39. The van der Waals surface area contributed by atoms with E-state index < -0.39 is 6.10 Å². The van der Waals surface area contributed by atoms with Crippen LogP contribution in [0, 0.1) is 5.41 Å². The summed E-state index contributed by atoms with van der Waals surface area (Å²) in [5.41, 5.74) is 1.53. The van der Waals surface area contributed by atoms with Crippen LogP contribution in [0.1, 0.15) is 39.2 Å². The Balaban J connectivity index is 1.86. The van der Waals surface area contributed by atoms with Gasteiger partial charge >= 0.3 is 0 Å². The summed E-state index contributed by atoms with van der Waals surface area (Å²) in [7, 11) is 0. The van der Waals surface area contributed by atoms with Gasteiger partial charge in [-0.15, -0.1) is 0 Å². The standard InChI is InChI=1S/C18H26N2O3/c1-18(2,3)15(21)12-19-16(22)11-13-6-8-14(9-7-13)20-10-4-5-17(20)23/h6-9,15,21H,4-5,10-12H2,1-3H3,(H,19,22). The van der Waals surface area contributed by atoms with Gasteiger partial charge in [0.15, 0.2) is 0 Å². The lowest BCUT2D eigenvalue weighted by atomic mass is 9.89. The van der Waals surface area contributed by atoms with Crippen molar-refractivity contribution in [3.8, 4) is 0 Å². The second-order valence-corrected chi connectivity index (χ2v) is 7.18. The largest absolute Gasteiger partial charge is 0.391 e. The first-order valence-corrected chi connectivity index (χ1v) is 8.11. The predicted molar refractivity (Wildman–Crippen MR) is 90.2 cm³/mol. The van der Waals surface area contributed by atoms with Crippen LogP contribution in [0.5, 0.6) is 0 Å². The van der Waals surface area contributed by atoms with E-state index >= 15 is 0 Å². The molecule has 0 radical (unpaired) electrons. The minimum Gasteiger partial charge on any atom is -0.391 e. The molecule has 0 bridgehead atoms. The van der Waals surface area contributed by atoms with Gasteiger partial charge in [0, 0.05) is 25.2 Å². The van der Waals surface area contributed by atoms with E-state index in [1.807, 2.05) is 45.0 Å². The van der Waals surface area contributed by atoms with Crippen molar-refractivity contribution in [1.82, 2.24) is 5.32 Å².